The molecule has 0 aromatic carbocycles. The molecule has 2 atom stereocenters. The highest BCUT2D eigenvalue weighted by Gasteiger charge is 2.26. The van der Waals surface area contributed by atoms with Gasteiger partial charge in [0, 0.05) is 45.4 Å². The van der Waals surface area contributed by atoms with Crippen molar-refractivity contribution in [1.82, 2.24) is 30.3 Å². The number of fused-ring (bicyclic) bond motifs is 1. The number of nitrogens with zero attached hydrogens (tertiary/aromatic N) is 4. The summed E-state index contributed by atoms with van der Waals surface area (Å²) >= 11 is 12.5. The van der Waals surface area contributed by atoms with E-state index in [9.17, 15) is 4.39 Å². The zero-order chi connectivity index (χ0) is 22.2. The lowest BCUT2D eigenvalue weighted by Gasteiger charge is -2.22. The third kappa shape index (κ3) is 4.00. The third-order valence-electron chi connectivity index (χ3n) is 6.10. The second-order valence-corrected chi connectivity index (χ2v) is 9.11. The van der Waals surface area contributed by atoms with E-state index >= 15 is 0 Å². The molecule has 3 aromatic heterocycles. The first kappa shape index (κ1) is 21.4. The highest BCUT2D eigenvalue weighted by atomic mass is 35.5. The molecule has 0 bridgehead atoms. The topological polar surface area (TPSA) is 71.4 Å². The van der Waals surface area contributed by atoms with Crippen molar-refractivity contribution in [3.05, 3.63) is 58.1 Å². The van der Waals surface area contributed by atoms with E-state index in [1.54, 1.807) is 31.3 Å². The molecule has 2 N–H and O–H groups in total. The van der Waals surface area contributed by atoms with Crippen LogP contribution < -0.4 is 5.32 Å². The van der Waals surface area contributed by atoms with E-state index in [2.05, 4.69) is 36.5 Å². The van der Waals surface area contributed by atoms with Crippen molar-refractivity contribution < 1.29 is 4.39 Å². The first-order valence-electron chi connectivity index (χ1n) is 10.7. The van der Waals surface area contributed by atoms with Crippen LogP contribution in [0.2, 0.25) is 0 Å². The SMILES string of the molecule is CC1C=C(Cl)C(/C=C\c2[nH]nc3ncc(-c4cnn(C5CCNCC5)c4)cc23)=C(Cl)C1F. The summed E-state index contributed by atoms with van der Waals surface area (Å²) < 4.78 is 16.4. The largest absolute Gasteiger partial charge is 0.317 e. The summed E-state index contributed by atoms with van der Waals surface area (Å²) in [5, 5.41) is 16.6. The predicted molar refractivity (Wildman–Crippen MR) is 126 cm³/mol. The van der Waals surface area contributed by atoms with Gasteiger partial charge in [0.05, 0.1) is 23.0 Å². The van der Waals surface area contributed by atoms with E-state index in [0.29, 0.717) is 22.3 Å². The quantitative estimate of drug-likeness (QED) is 0.535. The molecule has 5 rings (SSSR count). The fourth-order valence-corrected chi connectivity index (χ4v) is 4.96. The van der Waals surface area contributed by atoms with Gasteiger partial charge >= 0.3 is 0 Å². The lowest BCUT2D eigenvalue weighted by atomic mass is 9.95. The van der Waals surface area contributed by atoms with E-state index in [1.165, 1.54) is 0 Å². The Bertz CT molecular complexity index is 1230. The van der Waals surface area contributed by atoms with Gasteiger partial charge in [-0.3, -0.25) is 9.78 Å². The second-order valence-electron chi connectivity index (χ2n) is 8.29. The number of hydrogen-bond acceptors (Lipinski definition) is 4. The second kappa shape index (κ2) is 8.81. The standard InChI is InChI=1S/C23H23Cl2FN6/c1-13-8-19(24)17(21(25)22(13)26)2-3-20-18-9-14(10-28-23(18)31-30-20)15-11-29-32(12-15)16-4-6-27-7-5-16/h2-3,8-13,16,22,27H,4-7H2,1H3,(H,28,30,31)/b3-2-. The van der Waals surface area contributed by atoms with Crippen LogP contribution in [0.3, 0.4) is 0 Å². The maximum atomic E-state index is 14.3. The monoisotopic (exact) mass is 472 g/mol. The number of nitrogens with one attached hydrogen (secondary N) is 2. The van der Waals surface area contributed by atoms with Crippen molar-refractivity contribution in [2.24, 2.45) is 5.92 Å². The van der Waals surface area contributed by atoms with Crippen molar-refractivity contribution in [3.63, 3.8) is 0 Å². The molecule has 32 heavy (non-hydrogen) atoms. The molecule has 9 heteroatoms. The van der Waals surface area contributed by atoms with Gasteiger partial charge in [0.2, 0.25) is 0 Å². The van der Waals surface area contributed by atoms with E-state index in [1.807, 2.05) is 12.3 Å². The molecular weight excluding hydrogens is 450 g/mol. The number of pyridine rings is 1. The molecule has 0 amide bonds. The van der Waals surface area contributed by atoms with Crippen LogP contribution >= 0.6 is 23.2 Å². The maximum absolute atomic E-state index is 14.3. The summed E-state index contributed by atoms with van der Waals surface area (Å²) in [6.07, 6.45) is 11.8. The van der Waals surface area contributed by atoms with Gasteiger partial charge < -0.3 is 5.32 Å². The van der Waals surface area contributed by atoms with Gasteiger partial charge in [-0.25, -0.2) is 9.37 Å². The van der Waals surface area contributed by atoms with Crippen LogP contribution in [-0.4, -0.2) is 44.2 Å². The highest BCUT2D eigenvalue weighted by molar-refractivity contribution is 6.36. The molecule has 2 unspecified atom stereocenters. The van der Waals surface area contributed by atoms with Crippen molar-refractivity contribution in [2.75, 3.05) is 13.1 Å². The lowest BCUT2D eigenvalue weighted by molar-refractivity contribution is 0.326. The molecular formula is C23H23Cl2FN6. The van der Waals surface area contributed by atoms with Gasteiger partial charge in [0.25, 0.3) is 0 Å². The Labute approximate surface area is 195 Å². The molecule has 166 valence electrons. The lowest BCUT2D eigenvalue weighted by Crippen LogP contribution is -2.29. The van der Waals surface area contributed by atoms with E-state index in [4.69, 9.17) is 23.2 Å². The fourth-order valence-electron chi connectivity index (χ4n) is 4.19. The molecule has 2 aliphatic rings. The molecule has 0 radical (unpaired) electrons. The van der Waals surface area contributed by atoms with Gasteiger partial charge in [-0.15, -0.1) is 0 Å². The van der Waals surface area contributed by atoms with Crippen molar-refractivity contribution in [2.45, 2.75) is 32.0 Å². The minimum atomic E-state index is -1.26. The number of aromatic nitrogens is 5. The van der Waals surface area contributed by atoms with Gasteiger partial charge in [0.15, 0.2) is 5.65 Å². The number of halogens is 3. The third-order valence-corrected chi connectivity index (χ3v) is 6.84. The number of hydrogen-bond donors (Lipinski definition) is 2. The Morgan fingerprint density at radius 1 is 1.16 bits per heavy atom. The van der Waals surface area contributed by atoms with E-state index in [-0.39, 0.29) is 11.0 Å². The van der Waals surface area contributed by atoms with Crippen molar-refractivity contribution in [3.8, 4) is 11.1 Å². The van der Waals surface area contributed by atoms with Crippen LogP contribution in [0.4, 0.5) is 4.39 Å². The van der Waals surface area contributed by atoms with Gasteiger partial charge in [-0.05, 0) is 38.1 Å². The zero-order valence-electron chi connectivity index (χ0n) is 17.5. The van der Waals surface area contributed by atoms with Crippen LogP contribution in [0.15, 0.2) is 52.4 Å². The Kier molecular flexibility index (Phi) is 5.88. The summed E-state index contributed by atoms with van der Waals surface area (Å²) in [6.45, 7) is 3.78. The minimum Gasteiger partial charge on any atom is -0.317 e. The predicted octanol–water partition coefficient (Wildman–Crippen LogP) is 5.36. The molecule has 6 nitrogen and oxygen atoms in total. The number of alkyl halides is 1. The molecule has 1 saturated heterocycles. The van der Waals surface area contributed by atoms with Gasteiger partial charge in [-0.1, -0.05) is 42.3 Å². The van der Waals surface area contributed by atoms with Gasteiger partial charge in [0.1, 0.15) is 6.17 Å². The summed E-state index contributed by atoms with van der Waals surface area (Å²) in [6, 6.07) is 2.45. The summed E-state index contributed by atoms with van der Waals surface area (Å²) in [5.74, 6) is -0.349. The van der Waals surface area contributed by atoms with E-state index < -0.39 is 6.17 Å². The number of aromatic amines is 1. The van der Waals surface area contributed by atoms with Gasteiger partial charge in [-0.2, -0.15) is 10.2 Å². The number of rotatable bonds is 4. The molecule has 1 fully saturated rings. The Morgan fingerprint density at radius 2 is 1.97 bits per heavy atom. The first-order valence-corrected chi connectivity index (χ1v) is 11.5. The number of H-pyrrole nitrogens is 1. The van der Waals surface area contributed by atoms with Crippen LogP contribution in [0.5, 0.6) is 0 Å². The Morgan fingerprint density at radius 3 is 2.78 bits per heavy atom. The Hall–Kier alpha value is -2.48. The summed E-state index contributed by atoms with van der Waals surface area (Å²) in [4.78, 5) is 4.49. The smallest absolute Gasteiger partial charge is 0.181 e. The molecule has 1 aliphatic heterocycles. The average molecular weight is 473 g/mol. The highest BCUT2D eigenvalue weighted by Crippen LogP contribution is 2.36. The molecule has 1 aliphatic carbocycles. The molecule has 0 spiro atoms. The molecule has 3 aromatic rings. The first-order chi connectivity index (χ1) is 15.5. The number of piperidine rings is 1. The van der Waals surface area contributed by atoms with Crippen LogP contribution in [0.25, 0.3) is 28.2 Å². The average Bonchev–Trinajstić information content (AvgIpc) is 3.45. The maximum Gasteiger partial charge on any atom is 0.181 e. The molecule has 4 heterocycles. The van der Waals surface area contributed by atoms with Crippen LogP contribution in [0, 0.1) is 5.92 Å². The number of allylic oxidation sites excluding steroid dienone is 5. The fraction of sp³-hybridized carbons (Fsp3) is 0.348. The minimum absolute atomic E-state index is 0.120. The van der Waals surface area contributed by atoms with Crippen molar-refractivity contribution in [1.29, 1.82) is 0 Å². The van der Waals surface area contributed by atoms with Crippen LogP contribution in [0.1, 0.15) is 31.5 Å². The van der Waals surface area contributed by atoms with Crippen LogP contribution in [-0.2, 0) is 0 Å². The van der Waals surface area contributed by atoms with E-state index in [0.717, 1.165) is 48.1 Å². The normalized spacial score (nSPS) is 22.8. The summed E-state index contributed by atoms with van der Waals surface area (Å²) in [7, 11) is 0. The Balaban J connectivity index is 1.44. The van der Waals surface area contributed by atoms with Crippen molar-refractivity contribution >= 4 is 40.3 Å². The molecule has 0 saturated carbocycles. The summed E-state index contributed by atoms with van der Waals surface area (Å²) in [5.41, 5.74) is 3.79. The zero-order valence-corrected chi connectivity index (χ0v) is 19.0.